The molecule has 1 aliphatic carbocycles. The summed E-state index contributed by atoms with van der Waals surface area (Å²) in [5.41, 5.74) is 5.46. The topological polar surface area (TPSA) is 46.3 Å². The van der Waals surface area contributed by atoms with Gasteiger partial charge in [0.15, 0.2) is 0 Å². The van der Waals surface area contributed by atoms with Crippen molar-refractivity contribution in [1.82, 2.24) is 4.90 Å². The van der Waals surface area contributed by atoms with Crippen molar-refractivity contribution in [3.05, 3.63) is 12.2 Å². The van der Waals surface area contributed by atoms with Gasteiger partial charge in [-0.15, -0.1) is 0 Å². The molecule has 1 unspecified atom stereocenters. The van der Waals surface area contributed by atoms with Gasteiger partial charge in [-0.1, -0.05) is 12.2 Å². The summed E-state index contributed by atoms with van der Waals surface area (Å²) in [6, 6.07) is 0. The Kier molecular flexibility index (Phi) is 2.35. The molecule has 1 aliphatic heterocycles. The molecule has 14 heavy (non-hydrogen) atoms. The van der Waals surface area contributed by atoms with E-state index in [1.165, 1.54) is 0 Å². The summed E-state index contributed by atoms with van der Waals surface area (Å²) >= 11 is 0. The van der Waals surface area contributed by atoms with Crippen LogP contribution in [0.5, 0.6) is 0 Å². The predicted octanol–water partition coefficient (Wildman–Crippen LogP) is 0.902. The van der Waals surface area contributed by atoms with Crippen LogP contribution in [0.25, 0.3) is 0 Å². The molecule has 0 radical (unpaired) electrons. The highest BCUT2D eigenvalue weighted by Crippen LogP contribution is 2.39. The Morgan fingerprint density at radius 1 is 1.50 bits per heavy atom. The van der Waals surface area contributed by atoms with Crippen molar-refractivity contribution in [3.63, 3.8) is 0 Å². The number of rotatable bonds is 2. The Morgan fingerprint density at radius 2 is 2.21 bits per heavy atom. The van der Waals surface area contributed by atoms with Crippen molar-refractivity contribution >= 4 is 5.91 Å². The number of hydrogen-bond acceptors (Lipinski definition) is 2. The largest absolute Gasteiger partial charge is 0.337 e. The molecule has 0 spiro atoms. The third kappa shape index (κ3) is 1.69. The quantitative estimate of drug-likeness (QED) is 0.664. The van der Waals surface area contributed by atoms with Crippen molar-refractivity contribution in [3.8, 4) is 0 Å². The molecule has 1 fully saturated rings. The third-order valence-electron chi connectivity index (χ3n) is 3.23. The van der Waals surface area contributed by atoms with Crippen LogP contribution in [0.15, 0.2) is 12.2 Å². The first-order chi connectivity index (χ1) is 6.62. The normalized spacial score (nSPS) is 26.0. The predicted molar refractivity (Wildman–Crippen MR) is 55.7 cm³/mol. The van der Waals surface area contributed by atoms with Crippen molar-refractivity contribution in [2.24, 2.45) is 11.7 Å². The number of carbonyl (C=O) groups excluding carboxylic acids is 1. The standard InChI is InChI=1S/C11H18N2O/c1-11(12,9-5-6-9)10(14)13-7-3-2-4-8-13/h2-3,9H,4-8,12H2,1H3. The van der Waals surface area contributed by atoms with Crippen molar-refractivity contribution < 1.29 is 4.79 Å². The molecule has 2 N–H and O–H groups in total. The van der Waals surface area contributed by atoms with E-state index in [2.05, 4.69) is 6.08 Å². The van der Waals surface area contributed by atoms with E-state index >= 15 is 0 Å². The number of nitrogens with zero attached hydrogens (tertiary/aromatic N) is 1. The molecule has 1 heterocycles. The lowest BCUT2D eigenvalue weighted by molar-refractivity contribution is -0.136. The van der Waals surface area contributed by atoms with E-state index < -0.39 is 5.54 Å². The monoisotopic (exact) mass is 194 g/mol. The van der Waals surface area contributed by atoms with Crippen LogP contribution >= 0.6 is 0 Å². The van der Waals surface area contributed by atoms with Gasteiger partial charge in [-0.25, -0.2) is 0 Å². The van der Waals surface area contributed by atoms with Crippen LogP contribution in [0.4, 0.5) is 0 Å². The number of carbonyl (C=O) groups is 1. The van der Waals surface area contributed by atoms with Gasteiger partial charge < -0.3 is 10.6 Å². The van der Waals surface area contributed by atoms with Crippen molar-refractivity contribution in [2.45, 2.75) is 31.7 Å². The van der Waals surface area contributed by atoms with Crippen LogP contribution in [-0.4, -0.2) is 29.4 Å². The Hall–Kier alpha value is -0.830. The van der Waals surface area contributed by atoms with E-state index in [1.54, 1.807) is 0 Å². The molecular weight excluding hydrogens is 176 g/mol. The first-order valence-corrected chi connectivity index (χ1v) is 5.35. The van der Waals surface area contributed by atoms with Gasteiger partial charge in [0, 0.05) is 13.1 Å². The summed E-state index contributed by atoms with van der Waals surface area (Å²) < 4.78 is 0. The van der Waals surface area contributed by atoms with Crippen molar-refractivity contribution in [1.29, 1.82) is 0 Å². The second-order valence-electron chi connectivity index (χ2n) is 4.57. The summed E-state index contributed by atoms with van der Waals surface area (Å²) in [5.74, 6) is 0.547. The van der Waals surface area contributed by atoms with Gasteiger partial charge >= 0.3 is 0 Å². The Balaban J connectivity index is 2.02. The van der Waals surface area contributed by atoms with Crippen molar-refractivity contribution in [2.75, 3.05) is 13.1 Å². The maximum absolute atomic E-state index is 12.1. The average molecular weight is 194 g/mol. The minimum atomic E-state index is -0.620. The minimum Gasteiger partial charge on any atom is -0.337 e. The number of nitrogens with two attached hydrogens (primary N) is 1. The summed E-state index contributed by atoms with van der Waals surface area (Å²) in [6.07, 6.45) is 7.36. The van der Waals surface area contributed by atoms with Gasteiger partial charge in [0.25, 0.3) is 0 Å². The zero-order valence-electron chi connectivity index (χ0n) is 8.70. The molecule has 2 rings (SSSR count). The SMILES string of the molecule is CC(N)(C(=O)N1CC=CCC1)C1CC1. The number of hydrogen-bond donors (Lipinski definition) is 1. The van der Waals surface area contributed by atoms with Gasteiger partial charge in [0.05, 0.1) is 5.54 Å². The maximum atomic E-state index is 12.1. The van der Waals surface area contributed by atoms with Crippen LogP contribution in [0.2, 0.25) is 0 Å². The van der Waals surface area contributed by atoms with Crippen LogP contribution in [0, 0.1) is 5.92 Å². The fourth-order valence-electron chi connectivity index (χ4n) is 2.02. The highest BCUT2D eigenvalue weighted by molar-refractivity contribution is 5.86. The average Bonchev–Trinajstić information content (AvgIpc) is 3.01. The van der Waals surface area contributed by atoms with E-state index in [0.29, 0.717) is 5.92 Å². The highest BCUT2D eigenvalue weighted by atomic mass is 16.2. The minimum absolute atomic E-state index is 0.129. The highest BCUT2D eigenvalue weighted by Gasteiger charge is 2.45. The van der Waals surface area contributed by atoms with Crippen LogP contribution in [0.1, 0.15) is 26.2 Å². The molecule has 78 valence electrons. The van der Waals surface area contributed by atoms with E-state index in [1.807, 2.05) is 17.9 Å². The zero-order valence-corrected chi connectivity index (χ0v) is 8.70. The molecule has 3 nitrogen and oxygen atoms in total. The fraction of sp³-hybridized carbons (Fsp3) is 0.727. The molecule has 1 amide bonds. The summed E-state index contributed by atoms with van der Waals surface area (Å²) in [5, 5.41) is 0. The van der Waals surface area contributed by atoms with Crippen LogP contribution in [-0.2, 0) is 4.79 Å². The van der Waals surface area contributed by atoms with Gasteiger partial charge in [0.2, 0.25) is 5.91 Å². The third-order valence-corrected chi connectivity index (χ3v) is 3.23. The smallest absolute Gasteiger partial charge is 0.242 e. The lowest BCUT2D eigenvalue weighted by atomic mass is 9.95. The molecule has 0 aromatic carbocycles. The Morgan fingerprint density at radius 3 is 2.71 bits per heavy atom. The molecule has 1 atom stereocenters. The van der Waals surface area contributed by atoms with Crippen LogP contribution in [0.3, 0.4) is 0 Å². The van der Waals surface area contributed by atoms with Gasteiger partial charge in [-0.3, -0.25) is 4.79 Å². The van der Waals surface area contributed by atoms with Gasteiger partial charge in [-0.05, 0) is 32.1 Å². The molecule has 0 saturated heterocycles. The first kappa shape index (κ1) is 9.71. The lowest BCUT2D eigenvalue weighted by Gasteiger charge is -2.32. The fourth-order valence-corrected chi connectivity index (χ4v) is 2.02. The summed E-state index contributed by atoms with van der Waals surface area (Å²) in [4.78, 5) is 13.9. The molecule has 0 aromatic rings. The molecule has 1 saturated carbocycles. The molecular formula is C11H18N2O. The molecule has 3 heteroatoms. The summed E-state index contributed by atoms with van der Waals surface area (Å²) in [6.45, 7) is 3.44. The second kappa shape index (κ2) is 3.39. The van der Waals surface area contributed by atoms with E-state index in [0.717, 1.165) is 32.4 Å². The Labute approximate surface area is 84.9 Å². The molecule has 0 aromatic heterocycles. The van der Waals surface area contributed by atoms with Crippen LogP contribution < -0.4 is 5.73 Å². The molecule has 2 aliphatic rings. The van der Waals surface area contributed by atoms with Gasteiger partial charge in [-0.2, -0.15) is 0 Å². The van der Waals surface area contributed by atoms with Gasteiger partial charge in [0.1, 0.15) is 0 Å². The second-order valence-corrected chi connectivity index (χ2v) is 4.57. The molecule has 0 bridgehead atoms. The van der Waals surface area contributed by atoms with E-state index in [9.17, 15) is 4.79 Å². The lowest BCUT2D eigenvalue weighted by Crippen LogP contribution is -2.55. The first-order valence-electron chi connectivity index (χ1n) is 5.35. The summed E-state index contributed by atoms with van der Waals surface area (Å²) in [7, 11) is 0. The number of amides is 1. The van der Waals surface area contributed by atoms with E-state index in [4.69, 9.17) is 5.73 Å². The zero-order chi connectivity index (χ0) is 10.2. The Bertz CT molecular complexity index is 266. The van der Waals surface area contributed by atoms with E-state index in [-0.39, 0.29) is 5.91 Å². The maximum Gasteiger partial charge on any atom is 0.242 e.